The maximum absolute atomic E-state index is 12.5. The van der Waals surface area contributed by atoms with Crippen LogP contribution in [0, 0.1) is 5.92 Å². The summed E-state index contributed by atoms with van der Waals surface area (Å²) in [5.74, 6) is -0.310. The molecule has 0 aliphatic carbocycles. The van der Waals surface area contributed by atoms with Crippen molar-refractivity contribution in [2.45, 2.75) is 20.0 Å². The summed E-state index contributed by atoms with van der Waals surface area (Å²) < 4.78 is 37.5. The molecule has 0 saturated carbocycles. The van der Waals surface area contributed by atoms with Crippen LogP contribution in [0.1, 0.15) is 19.4 Å². The zero-order chi connectivity index (χ0) is 18.5. The quantitative estimate of drug-likeness (QED) is 0.483. The molecule has 0 fully saturated rings. The second kappa shape index (κ2) is 7.71. The summed E-state index contributed by atoms with van der Waals surface area (Å²) in [7, 11) is 1.45. The third kappa shape index (κ3) is 5.18. The highest BCUT2D eigenvalue weighted by molar-refractivity contribution is 5.93. The second-order valence-electron chi connectivity index (χ2n) is 5.26. The number of likely N-dealkylation sites (N-methyl/N-ethyl adjacent to an activating group) is 1. The Labute approximate surface area is 137 Å². The van der Waals surface area contributed by atoms with Gasteiger partial charge >= 0.3 is 6.18 Å². The van der Waals surface area contributed by atoms with Gasteiger partial charge in [-0.05, 0) is 29.7 Å². The van der Waals surface area contributed by atoms with Crippen LogP contribution < -0.4 is 22.1 Å². The third-order valence-electron chi connectivity index (χ3n) is 3.08. The lowest BCUT2D eigenvalue weighted by Crippen LogP contribution is -2.27. The largest absolute Gasteiger partial charge is 0.417 e. The van der Waals surface area contributed by atoms with Crippen LogP contribution in [0.25, 0.3) is 0 Å². The van der Waals surface area contributed by atoms with Gasteiger partial charge in [0.1, 0.15) is 17.3 Å². The molecule has 6 N–H and O–H groups in total. The van der Waals surface area contributed by atoms with Crippen molar-refractivity contribution in [1.29, 1.82) is 0 Å². The average molecular weight is 343 g/mol. The molecule has 9 heteroatoms. The van der Waals surface area contributed by atoms with Gasteiger partial charge in [0, 0.05) is 13.2 Å². The van der Waals surface area contributed by atoms with Crippen LogP contribution in [0.2, 0.25) is 0 Å². The molecule has 0 aliphatic heterocycles. The predicted molar refractivity (Wildman–Crippen MR) is 85.3 cm³/mol. The molecule has 1 aromatic heterocycles. The van der Waals surface area contributed by atoms with Gasteiger partial charge in [0.25, 0.3) is 5.91 Å². The van der Waals surface area contributed by atoms with Crippen molar-refractivity contribution >= 4 is 11.7 Å². The number of nitrogens with one attached hydrogen (secondary N) is 2. The zero-order valence-corrected chi connectivity index (χ0v) is 13.5. The number of hydrogen-bond acceptors (Lipinski definition) is 5. The van der Waals surface area contributed by atoms with Gasteiger partial charge in [0.2, 0.25) is 0 Å². The van der Waals surface area contributed by atoms with Gasteiger partial charge in [-0.25, -0.2) is 4.98 Å². The molecule has 1 rings (SSSR count). The fraction of sp³-hybridized carbons (Fsp3) is 0.333. The summed E-state index contributed by atoms with van der Waals surface area (Å²) in [5.41, 5.74) is 11.2. The van der Waals surface area contributed by atoms with E-state index in [4.69, 9.17) is 11.5 Å². The van der Waals surface area contributed by atoms with E-state index in [-0.39, 0.29) is 23.3 Å². The van der Waals surface area contributed by atoms with E-state index in [0.717, 1.165) is 12.1 Å². The number of hydrogen-bond donors (Lipinski definition) is 4. The molecule has 0 aliphatic rings. The van der Waals surface area contributed by atoms with Gasteiger partial charge in [0.15, 0.2) is 0 Å². The van der Waals surface area contributed by atoms with Crippen LogP contribution in [-0.4, -0.2) is 17.9 Å². The van der Waals surface area contributed by atoms with E-state index in [1.807, 2.05) is 13.8 Å². The number of pyridine rings is 1. The van der Waals surface area contributed by atoms with Gasteiger partial charge < -0.3 is 22.1 Å². The number of anilines is 1. The maximum atomic E-state index is 12.5. The SMILES string of the molecule is CNC(=O)/C(N)=C(/C=C(\N)Nc1ccc(C(F)(F)F)cn1)C(C)C. The van der Waals surface area contributed by atoms with E-state index >= 15 is 0 Å². The molecule has 0 aromatic carbocycles. The minimum atomic E-state index is -4.46. The first kappa shape index (κ1) is 19.3. The zero-order valence-electron chi connectivity index (χ0n) is 13.5. The third-order valence-corrected chi connectivity index (χ3v) is 3.08. The Hall–Kier alpha value is -2.71. The number of allylic oxidation sites excluding steroid dienone is 2. The Morgan fingerprint density at radius 3 is 2.33 bits per heavy atom. The summed E-state index contributed by atoms with van der Waals surface area (Å²) >= 11 is 0. The molecule has 0 bridgehead atoms. The smallest absolute Gasteiger partial charge is 0.394 e. The van der Waals surface area contributed by atoms with E-state index in [9.17, 15) is 18.0 Å². The molecule has 0 unspecified atom stereocenters. The Balaban J connectivity index is 3.01. The van der Waals surface area contributed by atoms with Crippen LogP contribution in [0.3, 0.4) is 0 Å². The van der Waals surface area contributed by atoms with Crippen LogP contribution >= 0.6 is 0 Å². The van der Waals surface area contributed by atoms with E-state index < -0.39 is 17.6 Å². The van der Waals surface area contributed by atoms with Crippen molar-refractivity contribution in [2.75, 3.05) is 12.4 Å². The molecule has 1 heterocycles. The van der Waals surface area contributed by atoms with Gasteiger partial charge in [-0.2, -0.15) is 13.2 Å². The van der Waals surface area contributed by atoms with Gasteiger partial charge in [-0.1, -0.05) is 13.8 Å². The molecule has 132 valence electrons. The first-order chi connectivity index (χ1) is 11.1. The molecule has 24 heavy (non-hydrogen) atoms. The molecule has 0 atom stereocenters. The average Bonchev–Trinajstić information content (AvgIpc) is 2.50. The summed E-state index contributed by atoms with van der Waals surface area (Å²) in [6, 6.07) is 2.05. The van der Waals surface area contributed by atoms with Crippen LogP contribution in [-0.2, 0) is 11.0 Å². The van der Waals surface area contributed by atoms with Gasteiger partial charge in [0.05, 0.1) is 5.56 Å². The second-order valence-corrected chi connectivity index (χ2v) is 5.26. The number of halogens is 3. The minimum absolute atomic E-state index is 0.0117. The molecule has 1 aromatic rings. The van der Waals surface area contributed by atoms with Crippen molar-refractivity contribution < 1.29 is 18.0 Å². The highest BCUT2D eigenvalue weighted by Gasteiger charge is 2.30. The molecule has 6 nitrogen and oxygen atoms in total. The molecular weight excluding hydrogens is 323 g/mol. The van der Waals surface area contributed by atoms with E-state index in [1.165, 1.54) is 13.1 Å². The number of rotatable bonds is 5. The maximum Gasteiger partial charge on any atom is 0.417 e. The standard InChI is InChI=1S/C15H20F3N5O/c1-8(2)10(13(20)14(24)21-3)6-11(19)23-12-5-4-9(7-22-12)15(16,17)18/h4-8H,19-20H2,1-3H3,(H,21,24)(H,22,23)/b11-6+,13-10+. The number of nitrogens with two attached hydrogens (primary N) is 2. The lowest BCUT2D eigenvalue weighted by molar-refractivity contribution is -0.137. The number of carbonyl (C=O) groups is 1. The lowest BCUT2D eigenvalue weighted by Gasteiger charge is -2.13. The number of amides is 1. The topological polar surface area (TPSA) is 106 Å². The monoisotopic (exact) mass is 343 g/mol. The van der Waals surface area contributed by atoms with Crippen molar-refractivity contribution in [1.82, 2.24) is 10.3 Å². The van der Waals surface area contributed by atoms with Crippen molar-refractivity contribution in [2.24, 2.45) is 17.4 Å². The fourth-order valence-electron chi connectivity index (χ4n) is 1.81. The Kier molecular flexibility index (Phi) is 6.21. The van der Waals surface area contributed by atoms with Crippen molar-refractivity contribution in [3.63, 3.8) is 0 Å². The Bertz CT molecular complexity index is 648. The van der Waals surface area contributed by atoms with Crippen LogP contribution in [0.15, 0.2) is 41.5 Å². The number of aromatic nitrogens is 1. The van der Waals surface area contributed by atoms with Crippen LogP contribution in [0.4, 0.5) is 19.0 Å². The summed E-state index contributed by atoms with van der Waals surface area (Å²) in [6.45, 7) is 3.65. The summed E-state index contributed by atoms with van der Waals surface area (Å²) in [4.78, 5) is 15.3. The number of carbonyl (C=O) groups excluding carboxylic acids is 1. The van der Waals surface area contributed by atoms with E-state index in [1.54, 1.807) is 0 Å². The molecule has 0 saturated heterocycles. The molecule has 0 spiro atoms. The van der Waals surface area contributed by atoms with E-state index in [2.05, 4.69) is 15.6 Å². The molecule has 1 amide bonds. The van der Waals surface area contributed by atoms with Crippen molar-refractivity contribution in [3.8, 4) is 0 Å². The van der Waals surface area contributed by atoms with Gasteiger partial charge in [-0.15, -0.1) is 0 Å². The summed E-state index contributed by atoms with van der Waals surface area (Å²) in [5, 5.41) is 5.07. The molecular formula is C15H20F3N5O. The Morgan fingerprint density at radius 2 is 1.92 bits per heavy atom. The predicted octanol–water partition coefficient (Wildman–Crippen LogP) is 1.93. The normalized spacial score (nSPS) is 13.5. The molecule has 0 radical (unpaired) electrons. The van der Waals surface area contributed by atoms with Gasteiger partial charge in [-0.3, -0.25) is 4.79 Å². The number of alkyl halides is 3. The number of nitrogens with zero attached hydrogens (tertiary/aromatic N) is 1. The minimum Gasteiger partial charge on any atom is -0.394 e. The highest BCUT2D eigenvalue weighted by atomic mass is 19.4. The van der Waals surface area contributed by atoms with E-state index in [0.29, 0.717) is 11.8 Å². The first-order valence-corrected chi connectivity index (χ1v) is 7.05. The highest BCUT2D eigenvalue weighted by Crippen LogP contribution is 2.28. The summed E-state index contributed by atoms with van der Waals surface area (Å²) in [6.07, 6.45) is -2.30. The first-order valence-electron chi connectivity index (χ1n) is 7.05. The van der Waals surface area contributed by atoms with Crippen LogP contribution in [0.5, 0.6) is 0 Å². The fourth-order valence-corrected chi connectivity index (χ4v) is 1.81. The Morgan fingerprint density at radius 1 is 1.29 bits per heavy atom. The van der Waals surface area contributed by atoms with Crippen molar-refractivity contribution in [3.05, 3.63) is 47.1 Å². The lowest BCUT2D eigenvalue weighted by atomic mass is 10.00.